The first-order valence-corrected chi connectivity index (χ1v) is 15.3. The first kappa shape index (κ1) is 27.5. The average molecular weight is 594 g/mol. The summed E-state index contributed by atoms with van der Waals surface area (Å²) in [4.78, 5) is 15.9. The van der Waals surface area contributed by atoms with Crippen LogP contribution in [0.25, 0.3) is 0 Å². The van der Waals surface area contributed by atoms with Crippen molar-refractivity contribution in [2.45, 2.75) is 62.2 Å². The molecule has 208 valence electrons. The van der Waals surface area contributed by atoms with Gasteiger partial charge in [-0.25, -0.2) is 8.42 Å². The van der Waals surface area contributed by atoms with E-state index in [-0.39, 0.29) is 27.4 Å². The minimum Gasteiger partial charge on any atom is -0.506 e. The lowest BCUT2D eigenvalue weighted by Crippen LogP contribution is -2.31. The summed E-state index contributed by atoms with van der Waals surface area (Å²) in [5.41, 5.74) is 0.373. The van der Waals surface area contributed by atoms with E-state index in [1.807, 2.05) is 0 Å². The van der Waals surface area contributed by atoms with Gasteiger partial charge in [-0.15, -0.1) is 0 Å². The first-order chi connectivity index (χ1) is 18.7. The Morgan fingerprint density at radius 2 is 1.62 bits per heavy atom. The van der Waals surface area contributed by atoms with Crippen molar-refractivity contribution in [1.29, 1.82) is 0 Å². The topological polar surface area (TPSA) is 141 Å². The monoisotopic (exact) mass is 592 g/mol. The zero-order valence-electron chi connectivity index (χ0n) is 21.2. The standard InChI is InChI=1S/C26H30Cl2N6O4S/c27-17-13-19(28)23(36)22(14-17)39(37,38)33-20-10-9-18(15-21(20)35)29-25-30-24(16-7-3-1-4-8-16)31-26(32-25)34-11-5-2-6-12-34/h9-10,13-16,33,35-36H,1-8,11-12H2,(H,29,30,31,32). The maximum Gasteiger partial charge on any atom is 0.265 e. The largest absolute Gasteiger partial charge is 0.506 e. The van der Waals surface area contributed by atoms with Crippen LogP contribution < -0.4 is 14.9 Å². The number of hydrogen-bond donors (Lipinski definition) is 4. The molecular weight excluding hydrogens is 563 g/mol. The predicted octanol–water partition coefficient (Wildman–Crippen LogP) is 6.17. The van der Waals surface area contributed by atoms with E-state index in [0.717, 1.165) is 63.5 Å². The fourth-order valence-electron chi connectivity index (χ4n) is 4.99. The van der Waals surface area contributed by atoms with Gasteiger partial charge in [0.2, 0.25) is 11.9 Å². The summed E-state index contributed by atoms with van der Waals surface area (Å²) < 4.78 is 28.0. The molecule has 13 heteroatoms. The van der Waals surface area contributed by atoms with Crippen LogP contribution in [-0.2, 0) is 10.0 Å². The molecule has 0 unspecified atom stereocenters. The summed E-state index contributed by atoms with van der Waals surface area (Å²) in [5, 5.41) is 23.8. The SMILES string of the molecule is O=S(=O)(Nc1ccc(Nc2nc(C3CCCCC3)nc(N3CCCCC3)n2)cc1O)c1cc(Cl)cc(Cl)c1O. The second-order valence-corrected chi connectivity index (χ2v) is 12.4. The molecule has 0 radical (unpaired) electrons. The number of piperidine rings is 1. The van der Waals surface area contributed by atoms with Crippen LogP contribution >= 0.6 is 23.2 Å². The van der Waals surface area contributed by atoms with E-state index in [1.165, 1.54) is 31.0 Å². The molecule has 0 bridgehead atoms. The Morgan fingerprint density at radius 3 is 2.33 bits per heavy atom. The van der Waals surface area contributed by atoms with Crippen molar-refractivity contribution in [3.05, 3.63) is 46.2 Å². The Bertz CT molecular complexity index is 1420. The number of nitrogens with one attached hydrogen (secondary N) is 2. The zero-order valence-corrected chi connectivity index (χ0v) is 23.5. The van der Waals surface area contributed by atoms with Crippen LogP contribution in [-0.4, -0.2) is 46.7 Å². The lowest BCUT2D eigenvalue weighted by atomic mass is 9.89. The fraction of sp³-hybridized carbons (Fsp3) is 0.423. The van der Waals surface area contributed by atoms with Gasteiger partial charge >= 0.3 is 0 Å². The number of anilines is 4. The fourth-order valence-corrected chi connectivity index (χ4v) is 6.82. The van der Waals surface area contributed by atoms with Gasteiger partial charge in [-0.2, -0.15) is 15.0 Å². The van der Waals surface area contributed by atoms with Crippen molar-refractivity contribution in [1.82, 2.24) is 15.0 Å². The third-order valence-electron chi connectivity index (χ3n) is 7.03. The van der Waals surface area contributed by atoms with Crippen LogP contribution in [0, 0.1) is 0 Å². The number of rotatable bonds is 7. The third kappa shape index (κ3) is 6.42. The summed E-state index contributed by atoms with van der Waals surface area (Å²) in [6.07, 6.45) is 9.02. The Hall–Kier alpha value is -3.02. The van der Waals surface area contributed by atoms with E-state index in [0.29, 0.717) is 17.6 Å². The highest BCUT2D eigenvalue weighted by Crippen LogP contribution is 2.37. The lowest BCUT2D eigenvalue weighted by molar-refractivity contribution is 0.427. The molecule has 10 nitrogen and oxygen atoms in total. The minimum atomic E-state index is -4.31. The smallest absolute Gasteiger partial charge is 0.265 e. The second kappa shape index (κ2) is 11.6. The van der Waals surface area contributed by atoms with Gasteiger partial charge in [0.05, 0.1) is 10.7 Å². The number of hydrogen-bond acceptors (Lipinski definition) is 9. The number of nitrogens with zero attached hydrogens (tertiary/aromatic N) is 4. The number of phenols is 2. The van der Waals surface area contributed by atoms with Crippen LogP contribution in [0.1, 0.15) is 63.1 Å². The number of benzene rings is 2. The van der Waals surface area contributed by atoms with E-state index < -0.39 is 20.7 Å². The van der Waals surface area contributed by atoms with Crippen molar-refractivity contribution in [3.63, 3.8) is 0 Å². The average Bonchev–Trinajstić information content (AvgIpc) is 2.93. The number of aromatic nitrogens is 3. The summed E-state index contributed by atoms with van der Waals surface area (Å²) in [6.45, 7) is 1.80. The Morgan fingerprint density at radius 1 is 0.897 bits per heavy atom. The maximum absolute atomic E-state index is 12.9. The van der Waals surface area contributed by atoms with E-state index in [4.69, 9.17) is 33.2 Å². The van der Waals surface area contributed by atoms with Gasteiger partial charge in [0.25, 0.3) is 10.0 Å². The number of aromatic hydroxyl groups is 2. The van der Waals surface area contributed by atoms with Crippen LogP contribution in [0.3, 0.4) is 0 Å². The Labute approximate surface area is 237 Å². The molecule has 39 heavy (non-hydrogen) atoms. The van der Waals surface area contributed by atoms with E-state index in [1.54, 1.807) is 6.07 Å². The molecule has 0 amide bonds. The molecule has 2 aliphatic rings. The molecule has 1 aliphatic heterocycles. The second-order valence-electron chi connectivity index (χ2n) is 9.90. The van der Waals surface area contributed by atoms with Crippen LogP contribution in [0.4, 0.5) is 23.3 Å². The van der Waals surface area contributed by atoms with Gasteiger partial charge in [0, 0.05) is 35.8 Å². The zero-order chi connectivity index (χ0) is 27.6. The van der Waals surface area contributed by atoms with E-state index in [9.17, 15) is 18.6 Å². The minimum absolute atomic E-state index is 0.0378. The third-order valence-corrected chi connectivity index (χ3v) is 8.92. The first-order valence-electron chi connectivity index (χ1n) is 13.0. The number of phenolic OH excluding ortho intramolecular Hbond substituents is 2. The van der Waals surface area contributed by atoms with Gasteiger partial charge in [0.1, 0.15) is 16.5 Å². The van der Waals surface area contributed by atoms with Crippen LogP contribution in [0.2, 0.25) is 10.0 Å². The molecule has 0 atom stereocenters. The molecule has 5 rings (SSSR count). The molecule has 1 aromatic heterocycles. The Balaban J connectivity index is 1.39. The van der Waals surface area contributed by atoms with Gasteiger partial charge in [0.15, 0.2) is 5.75 Å². The van der Waals surface area contributed by atoms with E-state index >= 15 is 0 Å². The molecule has 1 aliphatic carbocycles. The van der Waals surface area contributed by atoms with Crippen molar-refractivity contribution >= 4 is 56.5 Å². The van der Waals surface area contributed by atoms with Crippen molar-refractivity contribution < 1.29 is 18.6 Å². The Kier molecular flexibility index (Phi) is 8.20. The molecule has 3 aromatic rings. The molecule has 2 aromatic carbocycles. The molecule has 1 saturated carbocycles. The highest BCUT2D eigenvalue weighted by Gasteiger charge is 2.25. The molecule has 0 spiro atoms. The summed E-state index contributed by atoms with van der Waals surface area (Å²) >= 11 is 11.8. The molecule has 1 saturated heterocycles. The highest BCUT2D eigenvalue weighted by molar-refractivity contribution is 7.92. The van der Waals surface area contributed by atoms with Crippen LogP contribution in [0.5, 0.6) is 11.5 Å². The van der Waals surface area contributed by atoms with Gasteiger partial charge in [-0.05, 0) is 56.4 Å². The molecule has 2 heterocycles. The van der Waals surface area contributed by atoms with Gasteiger partial charge in [-0.3, -0.25) is 4.72 Å². The van der Waals surface area contributed by atoms with Crippen molar-refractivity contribution in [2.75, 3.05) is 28.0 Å². The van der Waals surface area contributed by atoms with Gasteiger partial charge < -0.3 is 20.4 Å². The summed E-state index contributed by atoms with van der Waals surface area (Å²) in [5.74, 6) is 1.11. The van der Waals surface area contributed by atoms with Crippen molar-refractivity contribution in [3.8, 4) is 11.5 Å². The highest BCUT2D eigenvalue weighted by atomic mass is 35.5. The number of halogens is 2. The normalized spacial score (nSPS) is 16.7. The molecular formula is C26H30Cl2N6O4S. The maximum atomic E-state index is 12.9. The number of sulfonamides is 1. The summed E-state index contributed by atoms with van der Waals surface area (Å²) in [7, 11) is -4.31. The quantitative estimate of drug-likeness (QED) is 0.237. The van der Waals surface area contributed by atoms with Crippen LogP contribution in [0.15, 0.2) is 35.2 Å². The predicted molar refractivity (Wildman–Crippen MR) is 152 cm³/mol. The lowest BCUT2D eigenvalue weighted by Gasteiger charge is -2.28. The molecule has 4 N–H and O–H groups in total. The van der Waals surface area contributed by atoms with Crippen molar-refractivity contribution in [2.24, 2.45) is 0 Å². The summed E-state index contributed by atoms with van der Waals surface area (Å²) in [6, 6.07) is 6.66. The van der Waals surface area contributed by atoms with E-state index in [2.05, 4.69) is 19.9 Å². The van der Waals surface area contributed by atoms with Gasteiger partial charge in [-0.1, -0.05) is 42.5 Å². The molecule has 2 fully saturated rings.